The summed E-state index contributed by atoms with van der Waals surface area (Å²) in [7, 11) is 0. The fourth-order valence-corrected chi connectivity index (χ4v) is 0.885. The van der Waals surface area contributed by atoms with Crippen LogP contribution in [-0.4, -0.2) is 11.7 Å². The number of phenols is 1. The lowest BCUT2D eigenvalue weighted by molar-refractivity contribution is 0.342. The van der Waals surface area contributed by atoms with Gasteiger partial charge in [-0.3, -0.25) is 0 Å². The summed E-state index contributed by atoms with van der Waals surface area (Å²) in [6.45, 7) is 0.119. The molecule has 0 aliphatic rings. The Kier molecular flexibility index (Phi) is 2.84. The molecule has 3 heteroatoms. The van der Waals surface area contributed by atoms with E-state index < -0.39 is 0 Å². The molecule has 0 aliphatic heterocycles. The molecular weight excluding hydrogens is 176 g/mol. The summed E-state index contributed by atoms with van der Waals surface area (Å²) in [4.78, 5) is 0. The van der Waals surface area contributed by atoms with Crippen LogP contribution < -0.4 is 4.74 Å². The summed E-state index contributed by atoms with van der Waals surface area (Å²) in [5.41, 5.74) is 0. The summed E-state index contributed by atoms with van der Waals surface area (Å²) < 4.78 is 5.00. The van der Waals surface area contributed by atoms with E-state index in [0.29, 0.717) is 10.8 Å². The van der Waals surface area contributed by atoms with Crippen LogP contribution in [0.3, 0.4) is 0 Å². The Morgan fingerprint density at radius 2 is 2.33 bits per heavy atom. The first-order valence-corrected chi connectivity index (χ1v) is 3.66. The van der Waals surface area contributed by atoms with Gasteiger partial charge < -0.3 is 9.84 Å². The second-order valence-corrected chi connectivity index (χ2v) is 2.54. The zero-order valence-corrected chi connectivity index (χ0v) is 7.01. The average molecular weight is 183 g/mol. The van der Waals surface area contributed by atoms with Crippen molar-refractivity contribution in [2.45, 2.75) is 0 Å². The van der Waals surface area contributed by atoms with Crippen molar-refractivity contribution in [3.05, 3.63) is 23.2 Å². The Morgan fingerprint density at radius 1 is 1.58 bits per heavy atom. The van der Waals surface area contributed by atoms with Crippen LogP contribution in [-0.2, 0) is 0 Å². The van der Waals surface area contributed by atoms with E-state index in [1.807, 2.05) is 0 Å². The third kappa shape index (κ3) is 2.08. The number of ether oxygens (including phenoxy) is 1. The van der Waals surface area contributed by atoms with Crippen molar-refractivity contribution in [1.29, 1.82) is 0 Å². The highest BCUT2D eigenvalue weighted by Crippen LogP contribution is 2.28. The number of hydrogen-bond donors (Lipinski definition) is 1. The minimum absolute atomic E-state index is 0.0367. The van der Waals surface area contributed by atoms with Crippen molar-refractivity contribution in [3.8, 4) is 23.8 Å². The van der Waals surface area contributed by atoms with Crippen LogP contribution in [0.4, 0.5) is 0 Å². The number of rotatable bonds is 2. The van der Waals surface area contributed by atoms with E-state index in [2.05, 4.69) is 5.92 Å². The third-order valence-electron chi connectivity index (χ3n) is 1.23. The Hall–Kier alpha value is -1.33. The smallest absolute Gasteiger partial charge is 0.163 e. The van der Waals surface area contributed by atoms with E-state index in [1.54, 1.807) is 6.07 Å². The van der Waals surface area contributed by atoms with Gasteiger partial charge in [-0.05, 0) is 12.1 Å². The first kappa shape index (κ1) is 8.76. The molecule has 0 aromatic heterocycles. The van der Waals surface area contributed by atoms with Gasteiger partial charge in [-0.15, -0.1) is 6.42 Å². The summed E-state index contributed by atoms with van der Waals surface area (Å²) in [6, 6.07) is 4.53. The van der Waals surface area contributed by atoms with E-state index in [4.69, 9.17) is 22.8 Å². The molecule has 1 rings (SSSR count). The minimum Gasteiger partial charge on any atom is -0.504 e. The normalized spacial score (nSPS) is 9.00. The van der Waals surface area contributed by atoms with Crippen LogP contribution in [0.2, 0.25) is 5.02 Å². The Bertz CT molecular complexity index is 315. The Morgan fingerprint density at radius 3 is 3.00 bits per heavy atom. The number of phenolic OH excluding ortho intramolecular Hbond substituents is 1. The summed E-state index contributed by atoms with van der Waals surface area (Å²) in [6.07, 6.45) is 4.97. The molecule has 0 amide bonds. The van der Waals surface area contributed by atoms with Gasteiger partial charge in [0.05, 0.1) is 0 Å². The molecule has 1 aromatic carbocycles. The van der Waals surface area contributed by atoms with E-state index in [9.17, 15) is 5.11 Å². The zero-order valence-electron chi connectivity index (χ0n) is 6.25. The maximum Gasteiger partial charge on any atom is 0.163 e. The van der Waals surface area contributed by atoms with Gasteiger partial charge in [0.25, 0.3) is 0 Å². The molecule has 1 N–H and O–H groups in total. The lowest BCUT2D eigenvalue weighted by atomic mass is 10.3. The Labute approximate surface area is 75.7 Å². The van der Waals surface area contributed by atoms with Gasteiger partial charge in [0.15, 0.2) is 11.5 Å². The second kappa shape index (κ2) is 3.89. The highest BCUT2D eigenvalue weighted by Gasteiger charge is 2.01. The van der Waals surface area contributed by atoms with E-state index in [-0.39, 0.29) is 12.4 Å². The second-order valence-electron chi connectivity index (χ2n) is 2.10. The van der Waals surface area contributed by atoms with E-state index in [1.165, 1.54) is 12.1 Å². The van der Waals surface area contributed by atoms with Gasteiger partial charge in [0.1, 0.15) is 6.61 Å². The van der Waals surface area contributed by atoms with Crippen LogP contribution in [0.15, 0.2) is 18.2 Å². The zero-order chi connectivity index (χ0) is 8.97. The molecule has 0 bridgehead atoms. The van der Waals surface area contributed by atoms with Gasteiger partial charge in [0.2, 0.25) is 0 Å². The summed E-state index contributed by atoms with van der Waals surface area (Å²) >= 11 is 5.65. The minimum atomic E-state index is 0.0367. The molecule has 0 atom stereocenters. The molecule has 0 saturated carbocycles. The third-order valence-corrected chi connectivity index (χ3v) is 1.47. The van der Waals surface area contributed by atoms with Gasteiger partial charge in [-0.1, -0.05) is 17.5 Å². The lowest BCUT2D eigenvalue weighted by Gasteiger charge is -2.04. The molecule has 12 heavy (non-hydrogen) atoms. The number of halogens is 1. The quantitative estimate of drug-likeness (QED) is 0.710. The lowest BCUT2D eigenvalue weighted by Crippen LogP contribution is -1.93. The molecule has 0 unspecified atom stereocenters. The largest absolute Gasteiger partial charge is 0.504 e. The molecule has 1 aromatic rings. The number of benzene rings is 1. The average Bonchev–Trinajstić information content (AvgIpc) is 2.07. The predicted octanol–water partition coefficient (Wildman–Crippen LogP) is 2.06. The summed E-state index contributed by atoms with van der Waals surface area (Å²) in [5, 5.41) is 9.71. The SMILES string of the molecule is C#CCOc1cc(Cl)ccc1O. The van der Waals surface area contributed by atoms with Crippen LogP contribution in [0.1, 0.15) is 0 Å². The van der Waals surface area contributed by atoms with E-state index >= 15 is 0 Å². The van der Waals surface area contributed by atoms with Crippen molar-refractivity contribution < 1.29 is 9.84 Å². The molecule has 0 fully saturated rings. The Balaban J connectivity index is 2.84. The number of hydrogen-bond acceptors (Lipinski definition) is 2. The predicted molar refractivity (Wildman–Crippen MR) is 47.4 cm³/mol. The molecule has 62 valence electrons. The maximum atomic E-state index is 9.21. The van der Waals surface area contributed by atoms with Gasteiger partial charge in [-0.25, -0.2) is 0 Å². The van der Waals surface area contributed by atoms with Gasteiger partial charge in [0, 0.05) is 11.1 Å². The van der Waals surface area contributed by atoms with Gasteiger partial charge in [-0.2, -0.15) is 0 Å². The van der Waals surface area contributed by atoms with Crippen molar-refractivity contribution in [3.63, 3.8) is 0 Å². The van der Waals surface area contributed by atoms with Crippen LogP contribution in [0.25, 0.3) is 0 Å². The monoisotopic (exact) mass is 182 g/mol. The fourth-order valence-electron chi connectivity index (χ4n) is 0.723. The number of terminal acetylenes is 1. The number of aromatic hydroxyl groups is 1. The topological polar surface area (TPSA) is 29.5 Å². The first-order valence-electron chi connectivity index (χ1n) is 3.29. The molecule has 0 saturated heterocycles. The molecular formula is C9H7ClO2. The van der Waals surface area contributed by atoms with Crippen molar-refractivity contribution in [2.75, 3.05) is 6.61 Å². The molecule has 0 aliphatic carbocycles. The fraction of sp³-hybridized carbons (Fsp3) is 0.111. The van der Waals surface area contributed by atoms with Crippen molar-refractivity contribution in [1.82, 2.24) is 0 Å². The van der Waals surface area contributed by atoms with Crippen LogP contribution in [0, 0.1) is 12.3 Å². The standard InChI is InChI=1S/C9H7ClO2/c1-2-5-12-9-6-7(10)3-4-8(9)11/h1,3-4,6,11H,5H2. The van der Waals surface area contributed by atoms with Crippen LogP contribution >= 0.6 is 11.6 Å². The molecule has 0 spiro atoms. The summed E-state index contributed by atoms with van der Waals surface area (Å²) in [5.74, 6) is 2.63. The molecule has 2 nitrogen and oxygen atoms in total. The van der Waals surface area contributed by atoms with Crippen molar-refractivity contribution >= 4 is 11.6 Å². The highest BCUT2D eigenvalue weighted by molar-refractivity contribution is 6.30. The highest BCUT2D eigenvalue weighted by atomic mass is 35.5. The van der Waals surface area contributed by atoms with Gasteiger partial charge >= 0.3 is 0 Å². The van der Waals surface area contributed by atoms with Crippen LogP contribution in [0.5, 0.6) is 11.5 Å². The molecule has 0 heterocycles. The maximum absolute atomic E-state index is 9.21. The van der Waals surface area contributed by atoms with E-state index in [0.717, 1.165) is 0 Å². The van der Waals surface area contributed by atoms with Crippen molar-refractivity contribution in [2.24, 2.45) is 0 Å². The first-order chi connectivity index (χ1) is 5.74. The molecule has 0 radical (unpaired) electrons.